The third-order valence-corrected chi connectivity index (χ3v) is 9.70. The van der Waals surface area contributed by atoms with Crippen molar-refractivity contribution < 1.29 is 37.7 Å². The summed E-state index contributed by atoms with van der Waals surface area (Å²) in [7, 11) is 0. The Bertz CT molecular complexity index is 1160. The maximum atomic E-state index is 17.4. The van der Waals surface area contributed by atoms with E-state index in [0.717, 1.165) is 12.1 Å². The lowest BCUT2D eigenvalue weighted by Crippen LogP contribution is -2.70. The number of aliphatic hydroxyl groups excluding tert-OH is 2. The largest absolute Gasteiger partial charge is 0.390 e. The van der Waals surface area contributed by atoms with E-state index in [1.807, 2.05) is 0 Å². The molecule has 208 valence electrons. The number of fused-ring (bicyclic) bond motifs is 3. The van der Waals surface area contributed by atoms with Gasteiger partial charge >= 0.3 is 0 Å². The van der Waals surface area contributed by atoms with Crippen molar-refractivity contribution in [2.45, 2.75) is 76.3 Å². The molecule has 3 fully saturated rings. The molecule has 0 amide bonds. The molecule has 7 unspecified atom stereocenters. The smallest absolute Gasteiger partial charge is 0.182 e. The predicted octanol–water partition coefficient (Wildman–Crippen LogP) is 4.05. The van der Waals surface area contributed by atoms with E-state index in [0.29, 0.717) is 6.29 Å². The number of carbonyl (C=O) groups is 2. The van der Waals surface area contributed by atoms with E-state index in [2.05, 4.69) is 0 Å². The number of benzene rings is 1. The molecule has 4 N–H and O–H groups in total. The van der Waals surface area contributed by atoms with Crippen LogP contribution in [0.5, 0.6) is 0 Å². The van der Waals surface area contributed by atoms with Gasteiger partial charge in [-0.25, -0.2) is 13.2 Å². The number of halogens is 3. The number of aldehydes is 1. The molecular weight excluding hydrogens is 499 g/mol. The van der Waals surface area contributed by atoms with Gasteiger partial charge in [-0.2, -0.15) is 0 Å². The second kappa shape index (κ2) is 10.0. The summed E-state index contributed by atoms with van der Waals surface area (Å²) >= 11 is 0. The van der Waals surface area contributed by atoms with Crippen molar-refractivity contribution in [3.63, 3.8) is 0 Å². The molecular formula is C29H36F3NO5. The molecule has 0 spiro atoms. The van der Waals surface area contributed by atoms with Crippen LogP contribution >= 0.6 is 0 Å². The molecule has 0 heterocycles. The number of nitrogens with two attached hydrogens (primary N) is 1. The fraction of sp³-hybridized carbons (Fsp3) is 0.586. The van der Waals surface area contributed by atoms with Crippen molar-refractivity contribution in [1.82, 2.24) is 0 Å². The number of Topliss-reactive ketones (excluding diaryl/α,β-unsaturated/α-hetero) is 1. The summed E-state index contributed by atoms with van der Waals surface area (Å²) in [6.45, 7) is 4.40. The first-order valence-corrected chi connectivity index (χ1v) is 13.0. The quantitative estimate of drug-likeness (QED) is 0.210. The Morgan fingerprint density at radius 1 is 1.32 bits per heavy atom. The van der Waals surface area contributed by atoms with Crippen molar-refractivity contribution in [1.29, 1.82) is 0 Å². The van der Waals surface area contributed by atoms with Crippen molar-refractivity contribution in [2.75, 3.05) is 6.54 Å². The minimum absolute atomic E-state index is 0.0351. The lowest BCUT2D eigenvalue weighted by Gasteiger charge is -2.63. The fourth-order valence-electron chi connectivity index (χ4n) is 7.99. The highest BCUT2D eigenvalue weighted by molar-refractivity contribution is 5.90. The highest BCUT2D eigenvalue weighted by Gasteiger charge is 2.75. The zero-order valence-electron chi connectivity index (χ0n) is 21.9. The molecule has 38 heavy (non-hydrogen) atoms. The van der Waals surface area contributed by atoms with Gasteiger partial charge in [-0.15, -0.1) is 0 Å². The van der Waals surface area contributed by atoms with E-state index in [1.54, 1.807) is 19.9 Å². The second-order valence-electron chi connectivity index (χ2n) is 11.3. The average Bonchev–Trinajstić information content (AvgIpc) is 3.15. The van der Waals surface area contributed by atoms with Crippen molar-refractivity contribution >= 4 is 12.1 Å². The number of carbonyl (C=O) groups excluding carboxylic acids is 2. The van der Waals surface area contributed by atoms with Gasteiger partial charge in [0.05, 0.1) is 12.6 Å². The summed E-state index contributed by atoms with van der Waals surface area (Å²) in [5.41, 5.74) is -1.06. The monoisotopic (exact) mass is 535 g/mol. The fourth-order valence-corrected chi connectivity index (χ4v) is 7.99. The molecule has 3 saturated carbocycles. The van der Waals surface area contributed by atoms with Crippen LogP contribution in [0.4, 0.5) is 13.2 Å². The van der Waals surface area contributed by atoms with Gasteiger partial charge in [-0.05, 0) is 69.2 Å². The molecule has 4 rings (SSSR count). The van der Waals surface area contributed by atoms with Gasteiger partial charge in [0.2, 0.25) is 0 Å². The normalized spacial score (nSPS) is 42.6. The Morgan fingerprint density at radius 3 is 2.63 bits per heavy atom. The number of aliphatic hydroxyl groups is 2. The Hall–Kier alpha value is -2.33. The van der Waals surface area contributed by atoms with Gasteiger partial charge in [0.25, 0.3) is 0 Å². The Kier molecular flexibility index (Phi) is 7.55. The molecule has 0 aliphatic heterocycles. The maximum absolute atomic E-state index is 17.4. The molecule has 0 radical (unpaired) electrons. The number of allylic oxidation sites excluding steroid dienone is 4. The number of hydrogen-bond acceptors (Lipinski definition) is 6. The molecule has 0 bridgehead atoms. The molecule has 1 aromatic carbocycles. The first-order chi connectivity index (χ1) is 17.9. The highest BCUT2D eigenvalue weighted by atomic mass is 19.1. The highest BCUT2D eigenvalue weighted by Crippen LogP contribution is 2.70. The maximum Gasteiger partial charge on any atom is 0.182 e. The average molecular weight is 536 g/mol. The molecule has 9 atom stereocenters. The minimum atomic E-state index is -2.34. The van der Waals surface area contributed by atoms with Crippen molar-refractivity contribution in [2.24, 2.45) is 28.4 Å². The zero-order chi connectivity index (χ0) is 28.1. The van der Waals surface area contributed by atoms with E-state index in [1.165, 1.54) is 31.2 Å². The molecule has 1 aromatic rings. The summed E-state index contributed by atoms with van der Waals surface area (Å²) in [6, 6.07) is 5.13. The molecule has 9 heteroatoms. The molecule has 6 nitrogen and oxygen atoms in total. The van der Waals surface area contributed by atoms with Crippen LogP contribution in [-0.2, 0) is 14.3 Å². The number of alkyl halides is 2. The van der Waals surface area contributed by atoms with Crippen LogP contribution in [0.2, 0.25) is 0 Å². The molecule has 0 saturated heterocycles. The van der Waals surface area contributed by atoms with Gasteiger partial charge in [-0.1, -0.05) is 31.2 Å². The van der Waals surface area contributed by atoms with Crippen molar-refractivity contribution in [3.05, 3.63) is 59.4 Å². The van der Waals surface area contributed by atoms with Crippen LogP contribution in [-0.4, -0.2) is 52.4 Å². The van der Waals surface area contributed by atoms with Gasteiger partial charge in [0, 0.05) is 22.3 Å². The molecule has 0 aromatic heterocycles. The van der Waals surface area contributed by atoms with Crippen LogP contribution < -0.4 is 5.73 Å². The third-order valence-electron chi connectivity index (χ3n) is 9.70. The van der Waals surface area contributed by atoms with Gasteiger partial charge in [0.15, 0.2) is 17.7 Å². The Morgan fingerprint density at radius 2 is 2.03 bits per heavy atom. The van der Waals surface area contributed by atoms with Crippen LogP contribution in [0, 0.1) is 28.5 Å². The summed E-state index contributed by atoms with van der Waals surface area (Å²) < 4.78 is 53.0. The topological polar surface area (TPSA) is 110 Å². The van der Waals surface area contributed by atoms with Crippen LogP contribution in [0.15, 0.2) is 48.1 Å². The summed E-state index contributed by atoms with van der Waals surface area (Å²) in [4.78, 5) is 24.8. The Labute approximate surface area is 220 Å². The molecule has 3 aliphatic rings. The Balaban J connectivity index is 1.83. The van der Waals surface area contributed by atoms with Crippen LogP contribution in [0.3, 0.4) is 0 Å². The van der Waals surface area contributed by atoms with E-state index < -0.39 is 70.6 Å². The summed E-state index contributed by atoms with van der Waals surface area (Å²) in [5, 5.41) is 22.5. The number of ether oxygens (including phenoxy) is 1. The van der Waals surface area contributed by atoms with E-state index in [-0.39, 0.29) is 36.8 Å². The third kappa shape index (κ3) is 3.85. The van der Waals surface area contributed by atoms with Crippen LogP contribution in [0.1, 0.15) is 58.3 Å². The zero-order valence-corrected chi connectivity index (χ0v) is 21.9. The second-order valence-corrected chi connectivity index (χ2v) is 11.3. The standard InChI is InChI=1S/C29H36F3NO5/c1-4-10-26(2)20(9-12-34)22(31)14-21-19-8-11-28(24(36)16-33,27(19,3)15-23(35)29(21,26)32)38-25(37)17-6-5-7-18(30)13-17/h4-7,9-10,12-13,19,21-23,25,35,37H,8,11,14-16,33H2,1-3H3/b10-4-,20-9-/t19?,21?,22-,23?,25?,26?,27?,28?,29-/m0/s1. The predicted molar refractivity (Wildman–Crippen MR) is 135 cm³/mol. The van der Waals surface area contributed by atoms with E-state index >= 15 is 8.78 Å². The van der Waals surface area contributed by atoms with Gasteiger partial charge < -0.3 is 20.7 Å². The number of ketones is 1. The lowest BCUT2D eigenvalue weighted by atomic mass is 9.44. The van der Waals surface area contributed by atoms with Gasteiger partial charge in [-0.3, -0.25) is 9.59 Å². The number of rotatable bonds is 7. The van der Waals surface area contributed by atoms with E-state index in [9.17, 15) is 24.2 Å². The lowest BCUT2D eigenvalue weighted by molar-refractivity contribution is -0.259. The first-order valence-electron chi connectivity index (χ1n) is 13.0. The summed E-state index contributed by atoms with van der Waals surface area (Å²) in [6.07, 6.45) is -0.676. The van der Waals surface area contributed by atoms with Gasteiger partial charge in [0.1, 0.15) is 23.9 Å². The SMILES string of the molecule is C/C=C\C1(C)/C(=C\C=O)[C@@H](F)CC2C3CCC(OC(O)c4cccc(F)c4)(C(=O)CN)C3(C)CC(O)[C@@]21F. The summed E-state index contributed by atoms with van der Waals surface area (Å²) in [5.74, 6) is -2.79. The van der Waals surface area contributed by atoms with Crippen molar-refractivity contribution in [3.8, 4) is 0 Å². The first kappa shape index (κ1) is 28.7. The number of hydrogen-bond donors (Lipinski definition) is 3. The molecule has 3 aliphatic carbocycles. The van der Waals surface area contributed by atoms with E-state index in [4.69, 9.17) is 10.5 Å². The minimum Gasteiger partial charge on any atom is -0.390 e. The van der Waals surface area contributed by atoms with Crippen LogP contribution in [0.25, 0.3) is 0 Å².